The van der Waals surface area contributed by atoms with Crippen LogP contribution in [0.1, 0.15) is 42.6 Å². The van der Waals surface area contributed by atoms with E-state index >= 15 is 0 Å². The molecule has 1 rings (SSSR count). The van der Waals surface area contributed by atoms with Crippen LogP contribution in [-0.4, -0.2) is 23.1 Å². The van der Waals surface area contributed by atoms with Gasteiger partial charge in [-0.1, -0.05) is 12.8 Å². The van der Waals surface area contributed by atoms with Crippen molar-refractivity contribution in [3.63, 3.8) is 0 Å². The van der Waals surface area contributed by atoms with Gasteiger partial charge in [-0.3, -0.25) is 0 Å². The van der Waals surface area contributed by atoms with Crippen molar-refractivity contribution in [2.24, 2.45) is 7.05 Å². The van der Waals surface area contributed by atoms with Crippen LogP contribution in [0.2, 0.25) is 0 Å². The van der Waals surface area contributed by atoms with Crippen LogP contribution in [0.5, 0.6) is 0 Å². The van der Waals surface area contributed by atoms with E-state index < -0.39 is 0 Å². The second-order valence-electron chi connectivity index (χ2n) is 4.89. The van der Waals surface area contributed by atoms with E-state index in [9.17, 15) is 0 Å². The fraction of sp³-hybridized carbons (Fsp3) is 0.667. The first-order valence-corrected chi connectivity index (χ1v) is 8.35. The standard InChI is InChI=1S/C15H25N3S/c1-13-14(10-15(11-16)18(13)2)12-17-8-6-4-5-7-9-19-3/h10,17H,4-9,12H2,1-3H3. The van der Waals surface area contributed by atoms with E-state index in [1.54, 1.807) is 0 Å². The van der Waals surface area contributed by atoms with Gasteiger partial charge < -0.3 is 9.88 Å². The van der Waals surface area contributed by atoms with Gasteiger partial charge in [-0.2, -0.15) is 17.0 Å². The molecule has 0 aliphatic rings. The number of nitrogens with zero attached hydrogens (tertiary/aromatic N) is 2. The lowest BCUT2D eigenvalue weighted by Crippen LogP contribution is -2.15. The molecule has 1 heterocycles. The summed E-state index contributed by atoms with van der Waals surface area (Å²) in [7, 11) is 1.95. The molecule has 0 saturated heterocycles. The SMILES string of the molecule is CSCCCCCCNCc1cc(C#N)n(C)c1C. The molecule has 1 aromatic rings. The molecule has 1 aromatic heterocycles. The van der Waals surface area contributed by atoms with Gasteiger partial charge in [-0.15, -0.1) is 0 Å². The minimum absolute atomic E-state index is 0.742. The Bertz CT molecular complexity index is 418. The lowest BCUT2D eigenvalue weighted by atomic mass is 10.2. The van der Waals surface area contributed by atoms with E-state index in [1.807, 2.05) is 29.4 Å². The number of nitriles is 1. The molecule has 19 heavy (non-hydrogen) atoms. The average molecular weight is 279 g/mol. The van der Waals surface area contributed by atoms with Crippen molar-refractivity contribution >= 4 is 11.8 Å². The van der Waals surface area contributed by atoms with E-state index in [1.165, 1.54) is 42.7 Å². The van der Waals surface area contributed by atoms with Gasteiger partial charge in [0.2, 0.25) is 0 Å². The summed E-state index contributed by atoms with van der Waals surface area (Å²) in [6.45, 7) is 4.00. The number of thioether (sulfide) groups is 1. The van der Waals surface area contributed by atoms with Crippen LogP contribution in [0.3, 0.4) is 0 Å². The maximum absolute atomic E-state index is 8.98. The molecule has 0 saturated carbocycles. The molecule has 1 N–H and O–H groups in total. The molecule has 0 atom stereocenters. The molecule has 4 heteroatoms. The Morgan fingerprint density at radius 3 is 2.68 bits per heavy atom. The Kier molecular flexibility index (Phi) is 7.69. The summed E-state index contributed by atoms with van der Waals surface area (Å²) in [4.78, 5) is 0. The number of rotatable bonds is 9. The van der Waals surface area contributed by atoms with Gasteiger partial charge in [0.05, 0.1) is 0 Å². The fourth-order valence-corrected chi connectivity index (χ4v) is 2.61. The maximum Gasteiger partial charge on any atom is 0.120 e. The lowest BCUT2D eigenvalue weighted by Gasteiger charge is -2.05. The second-order valence-corrected chi connectivity index (χ2v) is 5.88. The number of unbranched alkanes of at least 4 members (excludes halogenated alkanes) is 3. The van der Waals surface area contributed by atoms with Crippen molar-refractivity contribution in [2.45, 2.75) is 39.2 Å². The van der Waals surface area contributed by atoms with Gasteiger partial charge >= 0.3 is 0 Å². The van der Waals surface area contributed by atoms with E-state index in [0.29, 0.717) is 0 Å². The zero-order valence-corrected chi connectivity index (χ0v) is 13.1. The molecule has 0 aromatic carbocycles. The molecule has 0 fully saturated rings. The van der Waals surface area contributed by atoms with Crippen molar-refractivity contribution in [3.8, 4) is 6.07 Å². The average Bonchev–Trinajstić information content (AvgIpc) is 2.69. The third-order valence-corrected chi connectivity index (χ3v) is 4.22. The van der Waals surface area contributed by atoms with Gasteiger partial charge in [0.15, 0.2) is 0 Å². The van der Waals surface area contributed by atoms with E-state index in [0.717, 1.165) is 18.8 Å². The first-order valence-electron chi connectivity index (χ1n) is 6.95. The van der Waals surface area contributed by atoms with Crippen molar-refractivity contribution < 1.29 is 0 Å². The van der Waals surface area contributed by atoms with Crippen LogP contribution in [0.15, 0.2) is 6.07 Å². The van der Waals surface area contributed by atoms with Gasteiger partial charge in [-0.25, -0.2) is 0 Å². The van der Waals surface area contributed by atoms with Gasteiger partial charge in [-0.05, 0) is 49.9 Å². The Hall–Kier alpha value is -0.920. The molecule has 0 aliphatic heterocycles. The monoisotopic (exact) mass is 279 g/mol. The van der Waals surface area contributed by atoms with Crippen molar-refractivity contribution in [3.05, 3.63) is 23.0 Å². The summed E-state index contributed by atoms with van der Waals surface area (Å²) >= 11 is 1.93. The van der Waals surface area contributed by atoms with E-state index in [4.69, 9.17) is 5.26 Å². The van der Waals surface area contributed by atoms with Crippen LogP contribution in [0, 0.1) is 18.3 Å². The molecular weight excluding hydrogens is 254 g/mol. The molecule has 0 amide bonds. The van der Waals surface area contributed by atoms with Crippen LogP contribution in [0.25, 0.3) is 0 Å². The Morgan fingerprint density at radius 2 is 2.05 bits per heavy atom. The maximum atomic E-state index is 8.98. The van der Waals surface area contributed by atoms with E-state index in [-0.39, 0.29) is 0 Å². The highest BCUT2D eigenvalue weighted by Crippen LogP contribution is 2.13. The predicted molar refractivity (Wildman–Crippen MR) is 83.4 cm³/mol. The lowest BCUT2D eigenvalue weighted by molar-refractivity contribution is 0.598. The largest absolute Gasteiger partial charge is 0.340 e. The first kappa shape index (κ1) is 16.1. The number of aromatic nitrogens is 1. The van der Waals surface area contributed by atoms with Gasteiger partial charge in [0.1, 0.15) is 11.8 Å². The Labute approximate surface area is 121 Å². The number of hydrogen-bond donors (Lipinski definition) is 1. The first-order chi connectivity index (χ1) is 9.20. The third kappa shape index (κ3) is 5.30. The molecule has 0 unspecified atom stereocenters. The molecule has 0 spiro atoms. The Balaban J connectivity index is 2.18. The zero-order chi connectivity index (χ0) is 14.1. The highest BCUT2D eigenvalue weighted by molar-refractivity contribution is 7.98. The van der Waals surface area contributed by atoms with Crippen molar-refractivity contribution in [1.29, 1.82) is 5.26 Å². The zero-order valence-electron chi connectivity index (χ0n) is 12.3. The van der Waals surface area contributed by atoms with Crippen LogP contribution in [0.4, 0.5) is 0 Å². The highest BCUT2D eigenvalue weighted by Gasteiger charge is 2.07. The smallest absolute Gasteiger partial charge is 0.120 e. The summed E-state index contributed by atoms with van der Waals surface area (Å²) in [5.41, 5.74) is 3.16. The van der Waals surface area contributed by atoms with Crippen molar-refractivity contribution in [1.82, 2.24) is 9.88 Å². The normalized spacial score (nSPS) is 10.6. The Morgan fingerprint density at radius 1 is 1.32 bits per heavy atom. The summed E-state index contributed by atoms with van der Waals surface area (Å²) in [6, 6.07) is 4.21. The summed E-state index contributed by atoms with van der Waals surface area (Å²) in [5.74, 6) is 1.29. The van der Waals surface area contributed by atoms with Crippen LogP contribution >= 0.6 is 11.8 Å². The molecule has 0 radical (unpaired) electrons. The van der Waals surface area contributed by atoms with Crippen molar-refractivity contribution in [2.75, 3.05) is 18.6 Å². The molecule has 106 valence electrons. The fourth-order valence-electron chi connectivity index (χ4n) is 2.12. The van der Waals surface area contributed by atoms with Gasteiger partial charge in [0, 0.05) is 19.3 Å². The van der Waals surface area contributed by atoms with Gasteiger partial charge in [0.25, 0.3) is 0 Å². The number of nitrogens with one attached hydrogen (secondary N) is 1. The third-order valence-electron chi connectivity index (χ3n) is 3.52. The minimum atomic E-state index is 0.742. The topological polar surface area (TPSA) is 40.8 Å². The molecule has 0 bridgehead atoms. The summed E-state index contributed by atoms with van der Waals surface area (Å²) in [6.07, 6.45) is 7.39. The molecular formula is C15H25N3S. The predicted octanol–water partition coefficient (Wildman–Crippen LogP) is 3.22. The van der Waals surface area contributed by atoms with Crippen LogP contribution in [-0.2, 0) is 13.6 Å². The van der Waals surface area contributed by atoms with Crippen LogP contribution < -0.4 is 5.32 Å². The summed E-state index contributed by atoms with van der Waals surface area (Å²) < 4.78 is 1.96. The molecule has 3 nitrogen and oxygen atoms in total. The minimum Gasteiger partial charge on any atom is -0.340 e. The highest BCUT2D eigenvalue weighted by atomic mass is 32.2. The molecule has 0 aliphatic carbocycles. The number of hydrogen-bond acceptors (Lipinski definition) is 3. The summed E-state index contributed by atoms with van der Waals surface area (Å²) in [5, 5.41) is 12.4. The second kappa shape index (κ2) is 9.06. The van der Waals surface area contributed by atoms with E-state index in [2.05, 4.69) is 24.6 Å². The quantitative estimate of drug-likeness (QED) is 0.706.